The molecule has 2 aromatic carbocycles. The van der Waals surface area contributed by atoms with Crippen LogP contribution in [0.1, 0.15) is 34.2 Å². The van der Waals surface area contributed by atoms with Gasteiger partial charge in [0, 0.05) is 34.9 Å². The number of carbonyl (C=O) groups excluding carboxylic acids is 1. The van der Waals surface area contributed by atoms with E-state index in [1.807, 2.05) is 45.0 Å². The topological polar surface area (TPSA) is 90.9 Å². The number of hydrogen-bond donors (Lipinski definition) is 1. The molecule has 0 bridgehead atoms. The van der Waals surface area contributed by atoms with Crippen LogP contribution in [0.2, 0.25) is 0 Å². The first kappa shape index (κ1) is 23.4. The van der Waals surface area contributed by atoms with Crippen LogP contribution < -0.4 is 20.4 Å². The summed E-state index contributed by atoms with van der Waals surface area (Å²) in [6.45, 7) is 6.27. The molecule has 0 atom stereocenters. The van der Waals surface area contributed by atoms with E-state index >= 15 is 0 Å². The van der Waals surface area contributed by atoms with Gasteiger partial charge in [0.25, 0.3) is 0 Å². The van der Waals surface area contributed by atoms with Gasteiger partial charge in [-0.3, -0.25) is 4.79 Å². The van der Waals surface area contributed by atoms with Crippen LogP contribution >= 0.6 is 0 Å². The van der Waals surface area contributed by atoms with Gasteiger partial charge in [-0.15, -0.1) is 0 Å². The van der Waals surface area contributed by atoms with Crippen LogP contribution in [0.3, 0.4) is 0 Å². The zero-order chi connectivity index (χ0) is 24.4. The molecule has 7 nitrogen and oxygen atoms in total. The van der Waals surface area contributed by atoms with E-state index in [1.165, 1.54) is 0 Å². The molecule has 4 rings (SSSR count). The van der Waals surface area contributed by atoms with E-state index in [9.17, 15) is 9.59 Å². The van der Waals surface area contributed by atoms with E-state index in [0.717, 1.165) is 38.6 Å². The molecule has 1 N–H and O–H groups in total. The lowest BCUT2D eigenvalue weighted by atomic mass is 9.98. The van der Waals surface area contributed by atoms with E-state index in [2.05, 4.69) is 5.32 Å². The van der Waals surface area contributed by atoms with Crippen molar-refractivity contribution in [2.75, 3.05) is 20.8 Å². The Hall–Kier alpha value is -3.74. The van der Waals surface area contributed by atoms with E-state index in [0.29, 0.717) is 42.0 Å². The summed E-state index contributed by atoms with van der Waals surface area (Å²) < 4.78 is 21.9. The summed E-state index contributed by atoms with van der Waals surface area (Å²) in [5, 5.41) is 4.80. The first-order chi connectivity index (χ1) is 16.3. The van der Waals surface area contributed by atoms with Crippen LogP contribution in [0.25, 0.3) is 21.9 Å². The van der Waals surface area contributed by atoms with Crippen molar-refractivity contribution >= 4 is 27.8 Å². The third-order valence-electron chi connectivity index (χ3n) is 6.32. The fourth-order valence-electron chi connectivity index (χ4n) is 4.32. The Morgan fingerprint density at radius 3 is 2.44 bits per heavy atom. The van der Waals surface area contributed by atoms with Gasteiger partial charge in [-0.25, -0.2) is 4.79 Å². The predicted molar refractivity (Wildman–Crippen MR) is 131 cm³/mol. The maximum atomic E-state index is 12.7. The number of fused-ring (bicyclic) bond motifs is 2. The first-order valence-electron chi connectivity index (χ1n) is 11.2. The molecule has 0 radical (unpaired) electrons. The van der Waals surface area contributed by atoms with Crippen LogP contribution in [-0.4, -0.2) is 26.7 Å². The van der Waals surface area contributed by atoms with E-state index in [-0.39, 0.29) is 12.3 Å². The SMILES string of the molecule is COc1ccc(CCNC(=O)CCc2c(C)c3cc4c(C)coc4c(C)c3oc2=O)cc1OC. The normalized spacial score (nSPS) is 11.2. The van der Waals surface area contributed by atoms with Gasteiger partial charge >= 0.3 is 5.63 Å². The Kier molecular flexibility index (Phi) is 6.63. The second kappa shape index (κ2) is 9.63. The lowest BCUT2D eigenvalue weighted by Crippen LogP contribution is -2.26. The van der Waals surface area contributed by atoms with Crippen molar-refractivity contribution < 1.29 is 23.1 Å². The highest BCUT2D eigenvalue weighted by Crippen LogP contribution is 2.33. The minimum atomic E-state index is -0.408. The number of carbonyl (C=O) groups is 1. The van der Waals surface area contributed by atoms with Crippen molar-refractivity contribution in [2.45, 2.75) is 40.0 Å². The summed E-state index contributed by atoms with van der Waals surface area (Å²) in [6.07, 6.45) is 2.88. The highest BCUT2D eigenvalue weighted by Gasteiger charge is 2.18. The lowest BCUT2D eigenvalue weighted by molar-refractivity contribution is -0.121. The van der Waals surface area contributed by atoms with Gasteiger partial charge < -0.3 is 23.6 Å². The number of rotatable bonds is 8. The molecule has 0 saturated carbocycles. The second-order valence-corrected chi connectivity index (χ2v) is 8.46. The number of furan rings is 1. The second-order valence-electron chi connectivity index (χ2n) is 8.46. The number of hydrogen-bond acceptors (Lipinski definition) is 6. The molecule has 0 saturated heterocycles. The molecule has 1 amide bonds. The molecule has 178 valence electrons. The van der Waals surface area contributed by atoms with Gasteiger partial charge in [-0.2, -0.15) is 0 Å². The van der Waals surface area contributed by atoms with Gasteiger partial charge in [-0.1, -0.05) is 6.07 Å². The first-order valence-corrected chi connectivity index (χ1v) is 11.2. The van der Waals surface area contributed by atoms with Crippen LogP contribution in [0.15, 0.2) is 44.2 Å². The van der Waals surface area contributed by atoms with Gasteiger partial charge in [0.2, 0.25) is 5.91 Å². The lowest BCUT2D eigenvalue weighted by Gasteiger charge is -2.11. The molecular weight excluding hydrogens is 434 g/mol. The molecule has 0 aliphatic rings. The Balaban J connectivity index is 1.44. The summed E-state index contributed by atoms with van der Waals surface area (Å²) in [7, 11) is 3.19. The van der Waals surface area contributed by atoms with Crippen molar-refractivity contribution in [1.29, 1.82) is 0 Å². The average molecular weight is 464 g/mol. The number of methoxy groups -OCH3 is 2. The molecule has 0 spiro atoms. The Bertz CT molecular complexity index is 1430. The summed E-state index contributed by atoms with van der Waals surface area (Å²) in [5.41, 5.74) is 5.09. The van der Waals surface area contributed by atoms with Crippen molar-refractivity contribution in [1.82, 2.24) is 5.32 Å². The van der Waals surface area contributed by atoms with E-state index in [1.54, 1.807) is 20.5 Å². The monoisotopic (exact) mass is 463 g/mol. The smallest absolute Gasteiger partial charge is 0.339 e. The van der Waals surface area contributed by atoms with E-state index < -0.39 is 5.63 Å². The summed E-state index contributed by atoms with van der Waals surface area (Å²) in [6, 6.07) is 7.69. The van der Waals surface area contributed by atoms with Crippen molar-refractivity contribution in [3.8, 4) is 11.5 Å². The minimum Gasteiger partial charge on any atom is -0.493 e. The quantitative estimate of drug-likeness (QED) is 0.379. The standard InChI is InChI=1S/C27H29NO6/c1-15-14-33-25-17(3)26-21(13-20(15)25)16(2)19(27(30)34-26)7-9-24(29)28-11-10-18-6-8-22(31-4)23(12-18)32-5/h6,8,12-14H,7,9-11H2,1-5H3,(H,28,29). The van der Waals surface area contributed by atoms with Crippen molar-refractivity contribution in [2.24, 2.45) is 0 Å². The maximum absolute atomic E-state index is 12.7. The van der Waals surface area contributed by atoms with Gasteiger partial charge in [-0.05, 0) is 68.5 Å². The number of ether oxygens (including phenoxy) is 2. The highest BCUT2D eigenvalue weighted by molar-refractivity contribution is 5.99. The summed E-state index contributed by atoms with van der Waals surface area (Å²) in [4.78, 5) is 25.2. The Morgan fingerprint density at radius 1 is 0.941 bits per heavy atom. The fraction of sp³-hybridized carbons (Fsp3) is 0.333. The zero-order valence-electron chi connectivity index (χ0n) is 20.2. The predicted octanol–water partition coefficient (Wildman–Crippen LogP) is 4.77. The number of benzene rings is 2. The molecular formula is C27H29NO6. The zero-order valence-corrected chi connectivity index (χ0v) is 20.2. The molecule has 0 fully saturated rings. The van der Waals surface area contributed by atoms with Gasteiger partial charge in [0.1, 0.15) is 11.2 Å². The average Bonchev–Trinajstić information content (AvgIpc) is 3.20. The highest BCUT2D eigenvalue weighted by atomic mass is 16.5. The molecule has 0 aliphatic heterocycles. The fourth-order valence-corrected chi connectivity index (χ4v) is 4.32. The van der Waals surface area contributed by atoms with Crippen LogP contribution in [-0.2, 0) is 17.6 Å². The number of amides is 1. The Labute approximate surface area is 197 Å². The number of nitrogens with one attached hydrogen (secondary N) is 1. The van der Waals surface area contributed by atoms with Crippen LogP contribution in [0, 0.1) is 20.8 Å². The summed E-state index contributed by atoms with van der Waals surface area (Å²) in [5.74, 6) is 1.21. The molecule has 7 heteroatoms. The van der Waals surface area contributed by atoms with Crippen molar-refractivity contribution in [3.63, 3.8) is 0 Å². The molecule has 0 unspecified atom stereocenters. The minimum absolute atomic E-state index is 0.114. The van der Waals surface area contributed by atoms with E-state index in [4.69, 9.17) is 18.3 Å². The van der Waals surface area contributed by atoms with Gasteiger partial charge in [0.15, 0.2) is 11.5 Å². The number of aryl methyl sites for hydroxylation is 3. The van der Waals surface area contributed by atoms with Crippen LogP contribution in [0.4, 0.5) is 0 Å². The molecule has 4 aromatic rings. The van der Waals surface area contributed by atoms with Crippen LogP contribution in [0.5, 0.6) is 11.5 Å². The third kappa shape index (κ3) is 4.38. The molecule has 0 aliphatic carbocycles. The van der Waals surface area contributed by atoms with Gasteiger partial charge in [0.05, 0.1) is 20.5 Å². The van der Waals surface area contributed by atoms with Crippen molar-refractivity contribution in [3.05, 3.63) is 68.8 Å². The summed E-state index contributed by atoms with van der Waals surface area (Å²) >= 11 is 0. The Morgan fingerprint density at radius 2 is 1.71 bits per heavy atom. The third-order valence-corrected chi connectivity index (χ3v) is 6.32. The molecule has 2 heterocycles. The molecule has 2 aromatic heterocycles. The maximum Gasteiger partial charge on any atom is 0.339 e. The largest absolute Gasteiger partial charge is 0.493 e. The molecule has 34 heavy (non-hydrogen) atoms.